The number of esters is 1. The van der Waals surface area contributed by atoms with Crippen LogP contribution in [0, 0.1) is 11.6 Å². The van der Waals surface area contributed by atoms with Crippen molar-refractivity contribution in [2.24, 2.45) is 0 Å². The molecule has 0 aliphatic heterocycles. The van der Waals surface area contributed by atoms with E-state index in [1.54, 1.807) is 42.5 Å². The van der Waals surface area contributed by atoms with Gasteiger partial charge in [0.05, 0.1) is 45.7 Å². The Kier molecular flexibility index (Phi) is 33.8. The highest BCUT2D eigenvalue weighted by molar-refractivity contribution is 6.31. The summed E-state index contributed by atoms with van der Waals surface area (Å²) in [4.78, 5) is 77.7. The maximum absolute atomic E-state index is 13.7. The fraction of sp³-hybridized carbons (Fsp3) is 0.413. The second kappa shape index (κ2) is 39.9. The van der Waals surface area contributed by atoms with Crippen molar-refractivity contribution in [2.45, 2.75) is 91.3 Å². The number of halogens is 7. The lowest BCUT2D eigenvalue weighted by molar-refractivity contribution is -0.156. The van der Waals surface area contributed by atoms with Gasteiger partial charge in [-0.25, -0.2) is 28.7 Å². The predicted octanol–water partition coefficient (Wildman–Crippen LogP) is 13.2. The number of aromatic nitrogens is 4. The van der Waals surface area contributed by atoms with Gasteiger partial charge < -0.3 is 59.9 Å². The summed E-state index contributed by atoms with van der Waals surface area (Å²) in [6.45, 7) is 8.92. The first-order valence-corrected chi connectivity index (χ1v) is 29.1. The number of unbranched alkanes of at least 4 members (excludes halogenated alkanes) is 4. The fourth-order valence-corrected chi connectivity index (χ4v) is 8.00. The van der Waals surface area contributed by atoms with Gasteiger partial charge in [-0.15, -0.1) is 0 Å². The summed E-state index contributed by atoms with van der Waals surface area (Å²) in [6.07, 6.45) is 8.58. The summed E-state index contributed by atoms with van der Waals surface area (Å²) in [5, 5.41) is 21.8. The number of hydrogen-bond acceptors (Lipinski definition) is 18. The summed E-state index contributed by atoms with van der Waals surface area (Å²) in [5.74, 6) is -1.00. The number of ether oxygens (including phenoxy) is 5. The largest absolute Gasteiger partial charge is 0.489 e. The SMILES string of the molecule is C.CN(C)C/C=C/C(=O)Nc1cc2c(Nc3ccc(F)c(Cl)c3)ncnc2cc1OCCOCCCCCC(=O)O.CN(C)C/C=C/C(=O)Nc1cc2c(Nc3ccc(F)c(Cl)c3)ncnc2cc1OCCOCCCCCC(=O)OC(C)(C)C.O=CC(F)(F)F. The maximum atomic E-state index is 13.7. The van der Waals surface area contributed by atoms with Crippen LogP contribution in [0.1, 0.15) is 79.6 Å². The highest BCUT2D eigenvalue weighted by Gasteiger charge is 2.25. The van der Waals surface area contributed by atoms with E-state index in [0.717, 1.165) is 32.1 Å². The minimum Gasteiger partial charge on any atom is -0.489 e. The van der Waals surface area contributed by atoms with E-state index in [2.05, 4.69) is 41.2 Å². The Bertz CT molecular complexity index is 3370. The van der Waals surface area contributed by atoms with Gasteiger partial charge in [0.1, 0.15) is 66.2 Å². The average molecular weight is 1320 g/mol. The van der Waals surface area contributed by atoms with Crippen molar-refractivity contribution in [1.82, 2.24) is 29.7 Å². The molecule has 0 atom stereocenters. The summed E-state index contributed by atoms with van der Waals surface area (Å²) in [6, 6.07) is 15.4. The van der Waals surface area contributed by atoms with Crippen molar-refractivity contribution < 1.29 is 74.7 Å². The first-order valence-electron chi connectivity index (χ1n) is 28.3. The number of hydrogen-bond donors (Lipinski definition) is 5. The molecule has 0 saturated carbocycles. The molecule has 28 heteroatoms. The Morgan fingerprint density at radius 3 is 1.38 bits per heavy atom. The van der Waals surface area contributed by atoms with E-state index in [1.165, 1.54) is 55.1 Å². The first kappa shape index (κ1) is 77.1. The van der Waals surface area contributed by atoms with Crippen LogP contribution in [0.5, 0.6) is 11.5 Å². The molecule has 5 N–H and O–H groups in total. The van der Waals surface area contributed by atoms with Crippen LogP contribution in [0.2, 0.25) is 10.0 Å². The third-order valence-corrected chi connectivity index (χ3v) is 12.3. The van der Waals surface area contributed by atoms with Crippen molar-refractivity contribution in [3.8, 4) is 11.5 Å². The van der Waals surface area contributed by atoms with Crippen molar-refractivity contribution in [2.75, 3.05) is 102 Å². The summed E-state index contributed by atoms with van der Waals surface area (Å²) in [7, 11) is 7.62. The number of nitrogens with one attached hydrogen (secondary N) is 4. The molecular formula is C63H79Cl2F5N10O11. The molecule has 0 bridgehead atoms. The lowest BCUT2D eigenvalue weighted by atomic mass is 10.1. The van der Waals surface area contributed by atoms with Crippen molar-refractivity contribution in [3.63, 3.8) is 0 Å². The highest BCUT2D eigenvalue weighted by Crippen LogP contribution is 2.36. The number of carboxylic acid groups (broad SMARTS) is 1. The van der Waals surface area contributed by atoms with Crippen LogP contribution < -0.4 is 30.7 Å². The van der Waals surface area contributed by atoms with E-state index >= 15 is 0 Å². The molecule has 0 spiro atoms. The zero-order valence-corrected chi connectivity index (χ0v) is 52.5. The van der Waals surface area contributed by atoms with E-state index in [1.807, 2.05) is 58.8 Å². The maximum Gasteiger partial charge on any atom is 0.446 e. The van der Waals surface area contributed by atoms with Crippen LogP contribution in [-0.4, -0.2) is 158 Å². The highest BCUT2D eigenvalue weighted by atomic mass is 35.5. The predicted molar refractivity (Wildman–Crippen MR) is 343 cm³/mol. The quantitative estimate of drug-likeness (QED) is 0.00864. The Labute approximate surface area is 536 Å². The van der Waals surface area contributed by atoms with E-state index < -0.39 is 35.7 Å². The summed E-state index contributed by atoms with van der Waals surface area (Å²) in [5.41, 5.74) is 2.56. The lowest BCUT2D eigenvalue weighted by Gasteiger charge is -2.19. The molecule has 0 aliphatic carbocycles. The Balaban J connectivity index is 0.000000433. The molecule has 21 nitrogen and oxygen atoms in total. The second-order valence-electron chi connectivity index (χ2n) is 21.2. The zero-order chi connectivity index (χ0) is 66.2. The minimum atomic E-state index is -4.64. The average Bonchev–Trinajstić information content (AvgIpc) is 0.919. The first-order chi connectivity index (χ1) is 42.7. The number of aliphatic carboxylic acids is 1. The molecule has 0 radical (unpaired) electrons. The van der Waals surface area contributed by atoms with Gasteiger partial charge in [0.25, 0.3) is 0 Å². The molecule has 4 aromatic carbocycles. The Morgan fingerprint density at radius 1 is 0.593 bits per heavy atom. The van der Waals surface area contributed by atoms with Gasteiger partial charge in [-0.1, -0.05) is 55.6 Å². The number of benzene rings is 4. The molecule has 0 saturated heterocycles. The molecule has 2 aromatic heterocycles. The van der Waals surface area contributed by atoms with Gasteiger partial charge in [-0.2, -0.15) is 13.2 Å². The fourth-order valence-electron chi connectivity index (χ4n) is 7.64. The molecule has 2 amide bonds. The molecule has 0 unspecified atom stereocenters. The molecule has 6 rings (SSSR count). The van der Waals surface area contributed by atoms with Crippen molar-refractivity contribution in [1.29, 1.82) is 0 Å². The molecular weight excluding hydrogens is 1240 g/mol. The van der Waals surface area contributed by atoms with E-state index in [0.29, 0.717) is 120 Å². The van der Waals surface area contributed by atoms with E-state index in [-0.39, 0.29) is 54.9 Å². The van der Waals surface area contributed by atoms with Crippen LogP contribution in [0.3, 0.4) is 0 Å². The van der Waals surface area contributed by atoms with Crippen molar-refractivity contribution in [3.05, 3.63) is 119 Å². The number of rotatable bonds is 32. The number of anilines is 6. The Hall–Kier alpha value is -8.14. The van der Waals surface area contributed by atoms with Gasteiger partial charge in [0.2, 0.25) is 18.1 Å². The molecule has 91 heavy (non-hydrogen) atoms. The number of carbonyl (C=O) groups is 5. The Morgan fingerprint density at radius 2 is 1.01 bits per heavy atom. The number of nitrogens with zero attached hydrogens (tertiary/aromatic N) is 6. The zero-order valence-electron chi connectivity index (χ0n) is 51.0. The molecule has 2 heterocycles. The van der Waals surface area contributed by atoms with Crippen molar-refractivity contribution >= 4 is 109 Å². The molecule has 0 aliphatic rings. The summed E-state index contributed by atoms with van der Waals surface area (Å²) < 4.78 is 87.1. The third kappa shape index (κ3) is 31.0. The van der Waals surface area contributed by atoms with Crippen LogP contribution in [0.15, 0.2) is 97.6 Å². The standard InChI is InChI=1S/C32H41ClFN5O5.C28H33ClFN5O5.C2HF3O.CH4/c1-32(2,3)44-30(41)11-7-6-8-15-42-16-17-43-28-20-26-23(19-27(28)38-29(40)10-9-14-39(4)5)31(36-21-35-26)37-22-12-13-25(34)24(33)18-22;1-35(2)11-6-7-26(36)34-24-16-20-23(17-25(24)40-14-13-39-12-5-3-4-8-27(37)38)31-18-32-28(20)33-19-9-10-22(30)21(29)15-19;3-2(4,5)1-6;/h9-10,12-13,18-21H,6-8,11,14-17H2,1-5H3,(H,38,40)(H,35,36,37);6-7,9-10,15-18H,3-5,8,11-14H2,1-2H3,(H,34,36)(H,37,38)(H,31,32,33);1H;1H4/b10-9+;7-6+;;. The molecule has 496 valence electrons. The number of amides is 2. The smallest absolute Gasteiger partial charge is 0.446 e. The summed E-state index contributed by atoms with van der Waals surface area (Å²) >= 11 is 11.9. The van der Waals surface area contributed by atoms with Gasteiger partial charge >= 0.3 is 18.1 Å². The van der Waals surface area contributed by atoms with Crippen LogP contribution >= 0.6 is 23.2 Å². The van der Waals surface area contributed by atoms with Crippen LogP contribution in [-0.2, 0) is 38.2 Å². The van der Waals surface area contributed by atoms with Gasteiger partial charge in [0, 0.05) is 85.6 Å². The van der Waals surface area contributed by atoms with E-state index in [4.69, 9.17) is 56.8 Å². The lowest BCUT2D eigenvalue weighted by Crippen LogP contribution is -2.23. The second-order valence-corrected chi connectivity index (χ2v) is 22.0. The molecule has 0 fully saturated rings. The third-order valence-electron chi connectivity index (χ3n) is 11.7. The number of carbonyl (C=O) groups excluding carboxylic acids is 4. The molecule has 6 aromatic rings. The number of carboxylic acids is 1. The van der Waals surface area contributed by atoms with E-state index in [9.17, 15) is 41.1 Å². The number of fused-ring (bicyclic) bond motifs is 2. The van der Waals surface area contributed by atoms with Crippen LogP contribution in [0.25, 0.3) is 21.8 Å². The van der Waals surface area contributed by atoms with Gasteiger partial charge in [-0.3, -0.25) is 24.0 Å². The monoisotopic (exact) mass is 1320 g/mol. The normalized spacial score (nSPS) is 11.4. The topological polar surface area (TPSA) is 258 Å². The van der Waals surface area contributed by atoms with Gasteiger partial charge in [-0.05, 0) is 123 Å². The van der Waals surface area contributed by atoms with Gasteiger partial charge in [0.15, 0.2) is 0 Å². The number of alkyl halides is 3. The number of likely N-dealkylation sites (N-methyl/N-ethyl adjacent to an activating group) is 2. The number of aldehydes is 1. The van der Waals surface area contributed by atoms with Crippen LogP contribution in [0.4, 0.5) is 56.3 Å². The minimum absolute atomic E-state index is 0.